The third-order valence-corrected chi connectivity index (χ3v) is 19.3. The predicted molar refractivity (Wildman–Crippen MR) is 436 cm³/mol. The molecule has 0 amide bonds. The molecule has 0 bridgehead atoms. The first-order valence-electron chi connectivity index (χ1n) is 35.3. The van der Waals surface area contributed by atoms with Crippen molar-refractivity contribution in [2.24, 2.45) is 20.0 Å². The number of nitrogens with zero attached hydrogens (tertiary/aromatic N) is 4. The summed E-state index contributed by atoms with van der Waals surface area (Å²) >= 11 is 0. The molecule has 0 atom stereocenters. The van der Waals surface area contributed by atoms with Crippen LogP contribution in [0.15, 0.2) is 432 Å². The van der Waals surface area contributed by atoms with Crippen LogP contribution in [0.4, 0.5) is 22.7 Å². The van der Waals surface area contributed by atoms with Crippen molar-refractivity contribution >= 4 is 45.6 Å². The lowest BCUT2D eigenvalue weighted by Gasteiger charge is -2.20. The monoisotopic (exact) mass is 1320 g/mol. The van der Waals surface area contributed by atoms with E-state index in [0.717, 1.165) is 157 Å². The first kappa shape index (κ1) is 63.6. The standard InChI is InChI=1S/2C50H34N2/c1-5-17-35(18-6-1)39-29-40(36-19-7-2-8-20-36)32-43(31-39)49-45-25-13-15-27-47(45)52-50(46-26-14-16-28-48(46)51-49)44-33-41(37-21-9-3-10-22-37)30-42(34-44)38-23-11-4-12-24-38;1-3-13-35(14-4-1)37-25-29-39(30-26-37)41-17-11-19-43(33-41)49-45-21-7-9-23-47(45)52-50(46-22-8-10-24-48(46)51-49)44-20-12-18-42(34-44)40-31-27-38(28-32-40)36-15-5-2-6-16-36/h2*1-34H. The molecule has 0 fully saturated rings. The highest BCUT2D eigenvalue weighted by atomic mass is 14.8. The zero-order chi connectivity index (χ0) is 69.4. The maximum absolute atomic E-state index is 5.55. The normalized spacial score (nSPS) is 12.1. The lowest BCUT2D eigenvalue weighted by atomic mass is 9.90. The van der Waals surface area contributed by atoms with Gasteiger partial charge < -0.3 is 0 Å². The predicted octanol–water partition coefficient (Wildman–Crippen LogP) is 26.0. The molecular weight excluding hydrogens is 1260 g/mol. The van der Waals surface area contributed by atoms with Crippen LogP contribution in [-0.2, 0) is 0 Å². The molecule has 0 unspecified atom stereocenters. The van der Waals surface area contributed by atoms with Gasteiger partial charge in [-0.05, 0) is 162 Å². The van der Waals surface area contributed by atoms with Gasteiger partial charge in [-0.1, -0.05) is 340 Å². The smallest absolute Gasteiger partial charge is 0.0803 e. The number of rotatable bonds is 12. The zero-order valence-electron chi connectivity index (χ0n) is 57.0. The number of hydrogen-bond acceptors (Lipinski definition) is 4. The molecule has 0 saturated heterocycles. The molecule has 0 aromatic heterocycles. The van der Waals surface area contributed by atoms with Gasteiger partial charge in [0.1, 0.15) is 0 Å². The maximum Gasteiger partial charge on any atom is 0.0803 e. The molecule has 2 aliphatic rings. The van der Waals surface area contributed by atoms with Crippen LogP contribution < -0.4 is 0 Å². The molecule has 16 aromatic rings. The van der Waals surface area contributed by atoms with Crippen LogP contribution in [0.1, 0.15) is 44.5 Å². The highest BCUT2D eigenvalue weighted by Gasteiger charge is 2.24. The quantitative estimate of drug-likeness (QED) is 0.117. The summed E-state index contributed by atoms with van der Waals surface area (Å²) in [5, 5.41) is 0. The van der Waals surface area contributed by atoms with Crippen molar-refractivity contribution in [3.63, 3.8) is 0 Å². The molecule has 0 N–H and O–H groups in total. The molecule has 0 radical (unpaired) electrons. The second-order valence-corrected chi connectivity index (χ2v) is 26.0. The minimum Gasteiger partial charge on any atom is -0.247 e. The van der Waals surface area contributed by atoms with E-state index in [1.165, 1.54) is 22.3 Å². The van der Waals surface area contributed by atoms with Crippen LogP contribution in [0.3, 0.4) is 0 Å². The van der Waals surface area contributed by atoms with E-state index >= 15 is 0 Å². The van der Waals surface area contributed by atoms with Crippen LogP contribution in [-0.4, -0.2) is 22.8 Å². The van der Waals surface area contributed by atoms with E-state index in [-0.39, 0.29) is 0 Å². The molecule has 0 saturated carbocycles. The van der Waals surface area contributed by atoms with E-state index in [2.05, 4.69) is 413 Å². The minimum absolute atomic E-state index is 0.878. The van der Waals surface area contributed by atoms with E-state index in [0.29, 0.717) is 0 Å². The van der Waals surface area contributed by atoms with Crippen molar-refractivity contribution in [1.29, 1.82) is 0 Å². The van der Waals surface area contributed by atoms with Crippen LogP contribution in [0, 0.1) is 0 Å². The van der Waals surface area contributed by atoms with Gasteiger partial charge in [-0.3, -0.25) is 0 Å². The van der Waals surface area contributed by atoms with Crippen LogP contribution in [0.2, 0.25) is 0 Å². The fourth-order valence-electron chi connectivity index (χ4n) is 14.1. The molecule has 2 heterocycles. The van der Waals surface area contributed by atoms with Gasteiger partial charge in [0.25, 0.3) is 0 Å². The molecule has 4 nitrogen and oxygen atoms in total. The Morgan fingerprint density at radius 2 is 0.269 bits per heavy atom. The van der Waals surface area contributed by atoms with E-state index < -0.39 is 0 Å². The Balaban J connectivity index is 0.000000154. The van der Waals surface area contributed by atoms with Crippen molar-refractivity contribution in [2.75, 3.05) is 0 Å². The third kappa shape index (κ3) is 13.6. The Labute approximate surface area is 607 Å². The van der Waals surface area contributed by atoms with Crippen molar-refractivity contribution in [3.05, 3.63) is 457 Å². The van der Waals surface area contributed by atoms with Crippen molar-refractivity contribution in [1.82, 2.24) is 0 Å². The zero-order valence-corrected chi connectivity index (χ0v) is 57.0. The molecular formula is C100H68N4. The van der Waals surface area contributed by atoms with E-state index in [1.54, 1.807) is 0 Å². The fourth-order valence-corrected chi connectivity index (χ4v) is 14.1. The highest BCUT2D eigenvalue weighted by Crippen LogP contribution is 2.40. The second kappa shape index (κ2) is 29.2. The summed E-state index contributed by atoms with van der Waals surface area (Å²) in [7, 11) is 0. The Bertz CT molecular complexity index is 5420. The molecule has 104 heavy (non-hydrogen) atoms. The van der Waals surface area contributed by atoms with Gasteiger partial charge in [-0.2, -0.15) is 0 Å². The number of benzene rings is 16. The number of aliphatic imine (C=N–C) groups is 4. The lowest BCUT2D eigenvalue weighted by molar-refractivity contribution is 1.39. The SMILES string of the molecule is c1ccc(-c2cc(C3=Nc4ccccc4C(c4cc(-c5ccccc5)cc(-c5ccccc5)c4)=Nc4ccccc43)cc(-c3ccccc3)c2)cc1.c1ccc(-c2ccc(-c3cccc(C4=Nc5ccccc5C(c5cccc(-c6ccc(-c7ccccc7)cc6)c5)=Nc5ccccc54)c3)cc2)cc1. The highest BCUT2D eigenvalue weighted by molar-refractivity contribution is 6.25. The third-order valence-electron chi connectivity index (χ3n) is 19.3. The van der Waals surface area contributed by atoms with Crippen LogP contribution in [0.5, 0.6) is 0 Å². The average Bonchev–Trinajstić information content (AvgIpc) is 0.768. The fraction of sp³-hybridized carbons (Fsp3) is 0. The summed E-state index contributed by atoms with van der Waals surface area (Å²) in [6.07, 6.45) is 0. The molecule has 0 spiro atoms. The average molecular weight is 1330 g/mol. The summed E-state index contributed by atoms with van der Waals surface area (Å²) < 4.78 is 0. The second-order valence-electron chi connectivity index (χ2n) is 26.0. The first-order chi connectivity index (χ1) is 51.5. The Morgan fingerprint density at radius 3 is 0.529 bits per heavy atom. The van der Waals surface area contributed by atoms with Crippen molar-refractivity contribution < 1.29 is 0 Å². The van der Waals surface area contributed by atoms with Gasteiger partial charge >= 0.3 is 0 Å². The summed E-state index contributed by atoms with van der Waals surface area (Å²) in [6, 6.07) is 145. The molecule has 2 aliphatic heterocycles. The van der Waals surface area contributed by atoms with Crippen LogP contribution >= 0.6 is 0 Å². The number of para-hydroxylation sites is 4. The molecule has 18 rings (SSSR count). The summed E-state index contributed by atoms with van der Waals surface area (Å²) in [5.41, 5.74) is 33.9. The van der Waals surface area contributed by atoms with Gasteiger partial charge in [0, 0.05) is 44.5 Å². The van der Waals surface area contributed by atoms with Gasteiger partial charge in [0.05, 0.1) is 45.6 Å². The molecule has 16 aromatic carbocycles. The van der Waals surface area contributed by atoms with E-state index in [1.807, 2.05) is 0 Å². The Kier molecular flexibility index (Phi) is 17.9. The summed E-state index contributed by atoms with van der Waals surface area (Å²) in [5.74, 6) is 0. The molecule has 0 aliphatic carbocycles. The number of hydrogen-bond donors (Lipinski definition) is 0. The maximum atomic E-state index is 5.55. The first-order valence-corrected chi connectivity index (χ1v) is 35.3. The van der Waals surface area contributed by atoms with Gasteiger partial charge in [-0.25, -0.2) is 20.0 Å². The van der Waals surface area contributed by atoms with Crippen molar-refractivity contribution in [2.45, 2.75) is 0 Å². The largest absolute Gasteiger partial charge is 0.247 e. The minimum atomic E-state index is 0.878. The number of fused-ring (bicyclic) bond motifs is 4. The van der Waals surface area contributed by atoms with Crippen molar-refractivity contribution in [3.8, 4) is 89.0 Å². The summed E-state index contributed by atoms with van der Waals surface area (Å²) in [6.45, 7) is 0. The Hall–Kier alpha value is -13.8. The van der Waals surface area contributed by atoms with Crippen LogP contribution in [0.25, 0.3) is 89.0 Å². The van der Waals surface area contributed by atoms with Gasteiger partial charge in [0.2, 0.25) is 0 Å². The van der Waals surface area contributed by atoms with Gasteiger partial charge in [0.15, 0.2) is 0 Å². The van der Waals surface area contributed by atoms with E-state index in [4.69, 9.17) is 20.0 Å². The van der Waals surface area contributed by atoms with E-state index in [9.17, 15) is 0 Å². The lowest BCUT2D eigenvalue weighted by Crippen LogP contribution is -2.11. The Morgan fingerprint density at radius 1 is 0.106 bits per heavy atom. The summed E-state index contributed by atoms with van der Waals surface area (Å²) in [4.78, 5) is 22.0. The molecule has 4 heteroatoms. The molecule has 488 valence electrons. The van der Waals surface area contributed by atoms with Gasteiger partial charge in [-0.15, -0.1) is 0 Å². The topological polar surface area (TPSA) is 49.4 Å².